The number of rotatable bonds is 6. The molecule has 5 heteroatoms. The third kappa shape index (κ3) is 5.63. The summed E-state index contributed by atoms with van der Waals surface area (Å²) in [5, 5.41) is 0. The number of benzene rings is 1. The first-order valence-electron chi connectivity index (χ1n) is 12.2. The highest BCUT2D eigenvalue weighted by Gasteiger charge is 2.34. The fourth-order valence-electron chi connectivity index (χ4n) is 5.63. The molecule has 3 saturated heterocycles. The molecule has 3 fully saturated rings. The van der Waals surface area contributed by atoms with Crippen LogP contribution in [0.5, 0.6) is 0 Å². The van der Waals surface area contributed by atoms with Crippen molar-refractivity contribution < 1.29 is 4.79 Å². The van der Waals surface area contributed by atoms with Crippen LogP contribution < -0.4 is 5.73 Å². The van der Waals surface area contributed by atoms with Crippen molar-refractivity contribution in [3.05, 3.63) is 35.9 Å². The van der Waals surface area contributed by atoms with Crippen LogP contribution in [-0.4, -0.2) is 79.0 Å². The maximum absolute atomic E-state index is 13.1. The minimum atomic E-state index is 0.212. The number of amides is 1. The van der Waals surface area contributed by atoms with Crippen molar-refractivity contribution >= 4 is 5.91 Å². The first-order valence-corrected chi connectivity index (χ1v) is 12.2. The van der Waals surface area contributed by atoms with E-state index < -0.39 is 0 Å². The summed E-state index contributed by atoms with van der Waals surface area (Å²) in [6, 6.07) is 11.5. The summed E-state index contributed by atoms with van der Waals surface area (Å²) in [7, 11) is 0. The number of hydrogen-bond donors (Lipinski definition) is 1. The van der Waals surface area contributed by atoms with Gasteiger partial charge in [0.15, 0.2) is 0 Å². The number of hydrogen-bond acceptors (Lipinski definition) is 4. The van der Waals surface area contributed by atoms with Crippen LogP contribution in [0.3, 0.4) is 0 Å². The van der Waals surface area contributed by atoms with Crippen molar-refractivity contribution in [3.63, 3.8) is 0 Å². The molecule has 30 heavy (non-hydrogen) atoms. The molecule has 0 unspecified atom stereocenters. The second-order valence-corrected chi connectivity index (χ2v) is 9.65. The molecular formula is C25H40N4O. The Morgan fingerprint density at radius 2 is 1.67 bits per heavy atom. The molecule has 5 nitrogen and oxygen atoms in total. The molecule has 1 amide bonds. The molecule has 3 aliphatic heterocycles. The summed E-state index contributed by atoms with van der Waals surface area (Å²) in [6.07, 6.45) is 8.05. The molecule has 0 aliphatic carbocycles. The Bertz CT molecular complexity index is 650. The van der Waals surface area contributed by atoms with Crippen LogP contribution in [-0.2, 0) is 11.2 Å². The highest BCUT2D eigenvalue weighted by atomic mass is 16.2. The number of nitrogens with zero attached hydrogens (tertiary/aromatic N) is 3. The van der Waals surface area contributed by atoms with Gasteiger partial charge in [-0.05, 0) is 82.6 Å². The zero-order chi connectivity index (χ0) is 20.8. The second kappa shape index (κ2) is 10.7. The van der Waals surface area contributed by atoms with Gasteiger partial charge in [-0.15, -0.1) is 0 Å². The molecule has 0 saturated carbocycles. The van der Waals surface area contributed by atoms with Crippen molar-refractivity contribution in [2.45, 2.75) is 51.0 Å². The molecule has 0 bridgehead atoms. The Balaban J connectivity index is 1.21. The SMILES string of the molecule is NCC1CCN(C(=O)[C@@H]2CCCN(C3CCN(CCc4ccccc4)CC3)C2)CC1. The van der Waals surface area contributed by atoms with Gasteiger partial charge in [0.05, 0.1) is 5.92 Å². The van der Waals surface area contributed by atoms with Crippen LogP contribution in [0.25, 0.3) is 0 Å². The van der Waals surface area contributed by atoms with Gasteiger partial charge in [0.25, 0.3) is 0 Å². The molecule has 1 aromatic rings. The Labute approximate surface area is 182 Å². The lowest BCUT2D eigenvalue weighted by Crippen LogP contribution is -2.52. The van der Waals surface area contributed by atoms with E-state index in [9.17, 15) is 4.79 Å². The molecule has 0 spiro atoms. The van der Waals surface area contributed by atoms with Crippen LogP contribution in [0, 0.1) is 11.8 Å². The molecule has 3 heterocycles. The van der Waals surface area contributed by atoms with E-state index in [0.717, 1.165) is 58.4 Å². The van der Waals surface area contributed by atoms with Crippen LogP contribution in [0.4, 0.5) is 0 Å². The lowest BCUT2D eigenvalue weighted by Gasteiger charge is -2.43. The van der Waals surface area contributed by atoms with Crippen molar-refractivity contribution in [3.8, 4) is 0 Å². The molecule has 1 atom stereocenters. The van der Waals surface area contributed by atoms with Gasteiger partial charge in [0.1, 0.15) is 0 Å². The van der Waals surface area contributed by atoms with E-state index in [2.05, 4.69) is 45.0 Å². The first kappa shape index (κ1) is 21.8. The molecule has 0 radical (unpaired) electrons. The summed E-state index contributed by atoms with van der Waals surface area (Å²) in [5.41, 5.74) is 7.25. The normalized spacial score (nSPS) is 25.5. The Hall–Kier alpha value is -1.43. The predicted octanol–water partition coefficient (Wildman–Crippen LogP) is 2.60. The first-order chi connectivity index (χ1) is 14.7. The molecule has 4 rings (SSSR count). The van der Waals surface area contributed by atoms with E-state index in [1.54, 1.807) is 0 Å². The molecule has 2 N–H and O–H groups in total. The van der Waals surface area contributed by atoms with E-state index in [0.29, 0.717) is 17.9 Å². The number of nitrogens with two attached hydrogens (primary N) is 1. The predicted molar refractivity (Wildman–Crippen MR) is 122 cm³/mol. The van der Waals surface area contributed by atoms with Gasteiger partial charge in [-0.1, -0.05) is 30.3 Å². The standard InChI is InChI=1S/C25H40N4O/c26-19-22-9-17-28(18-10-22)25(30)23-7-4-13-29(20-23)24-11-15-27(16-12-24)14-8-21-5-2-1-3-6-21/h1-3,5-6,22-24H,4,7-20,26H2/t23-/m1/s1. The van der Waals surface area contributed by atoms with Crippen molar-refractivity contribution in [1.82, 2.24) is 14.7 Å². The zero-order valence-corrected chi connectivity index (χ0v) is 18.6. The van der Waals surface area contributed by atoms with Crippen LogP contribution >= 0.6 is 0 Å². The Morgan fingerprint density at radius 1 is 0.933 bits per heavy atom. The Morgan fingerprint density at radius 3 is 2.37 bits per heavy atom. The number of piperidine rings is 3. The second-order valence-electron chi connectivity index (χ2n) is 9.65. The molecule has 166 valence electrons. The minimum Gasteiger partial charge on any atom is -0.342 e. The maximum Gasteiger partial charge on any atom is 0.226 e. The summed E-state index contributed by atoms with van der Waals surface area (Å²) in [5.74, 6) is 1.24. The van der Waals surface area contributed by atoms with Crippen molar-refractivity contribution in [2.75, 3.05) is 52.4 Å². The summed E-state index contributed by atoms with van der Waals surface area (Å²) >= 11 is 0. The number of likely N-dealkylation sites (tertiary alicyclic amines) is 3. The monoisotopic (exact) mass is 412 g/mol. The van der Waals surface area contributed by atoms with Crippen molar-refractivity contribution in [1.29, 1.82) is 0 Å². The maximum atomic E-state index is 13.1. The quantitative estimate of drug-likeness (QED) is 0.780. The fraction of sp³-hybridized carbons (Fsp3) is 0.720. The van der Waals surface area contributed by atoms with Crippen LogP contribution in [0.1, 0.15) is 44.1 Å². The van der Waals surface area contributed by atoms with Gasteiger partial charge in [0, 0.05) is 32.2 Å². The van der Waals surface area contributed by atoms with E-state index in [-0.39, 0.29) is 5.92 Å². The van der Waals surface area contributed by atoms with E-state index in [1.165, 1.54) is 44.5 Å². The molecule has 1 aromatic carbocycles. The highest BCUT2D eigenvalue weighted by Crippen LogP contribution is 2.27. The van der Waals surface area contributed by atoms with Crippen molar-refractivity contribution in [2.24, 2.45) is 17.6 Å². The van der Waals surface area contributed by atoms with Crippen LogP contribution in [0.15, 0.2) is 30.3 Å². The third-order valence-corrected chi connectivity index (χ3v) is 7.69. The number of carbonyl (C=O) groups is 1. The van der Waals surface area contributed by atoms with Gasteiger partial charge in [-0.3, -0.25) is 9.69 Å². The summed E-state index contributed by atoms with van der Waals surface area (Å²) in [4.78, 5) is 20.5. The highest BCUT2D eigenvalue weighted by molar-refractivity contribution is 5.79. The van der Waals surface area contributed by atoms with Gasteiger partial charge >= 0.3 is 0 Å². The average Bonchev–Trinajstić information content (AvgIpc) is 2.83. The summed E-state index contributed by atoms with van der Waals surface area (Å²) in [6.45, 7) is 8.30. The smallest absolute Gasteiger partial charge is 0.226 e. The average molecular weight is 413 g/mol. The lowest BCUT2D eigenvalue weighted by atomic mass is 9.91. The third-order valence-electron chi connectivity index (χ3n) is 7.69. The fourth-order valence-corrected chi connectivity index (χ4v) is 5.63. The Kier molecular flexibility index (Phi) is 7.80. The van der Waals surface area contributed by atoms with Gasteiger partial charge in [-0.25, -0.2) is 0 Å². The van der Waals surface area contributed by atoms with E-state index in [1.807, 2.05) is 0 Å². The van der Waals surface area contributed by atoms with E-state index >= 15 is 0 Å². The molecular weight excluding hydrogens is 372 g/mol. The molecule has 0 aromatic heterocycles. The topological polar surface area (TPSA) is 52.8 Å². The van der Waals surface area contributed by atoms with Gasteiger partial charge in [-0.2, -0.15) is 0 Å². The van der Waals surface area contributed by atoms with E-state index in [4.69, 9.17) is 5.73 Å². The summed E-state index contributed by atoms with van der Waals surface area (Å²) < 4.78 is 0. The van der Waals surface area contributed by atoms with Gasteiger partial charge < -0.3 is 15.5 Å². The van der Waals surface area contributed by atoms with Gasteiger partial charge in [0.2, 0.25) is 5.91 Å². The number of carbonyl (C=O) groups excluding carboxylic acids is 1. The molecule has 3 aliphatic rings. The largest absolute Gasteiger partial charge is 0.342 e. The minimum absolute atomic E-state index is 0.212. The lowest BCUT2D eigenvalue weighted by molar-refractivity contribution is -0.139. The zero-order valence-electron chi connectivity index (χ0n) is 18.6. The van der Waals surface area contributed by atoms with Crippen LogP contribution in [0.2, 0.25) is 0 Å².